The fourth-order valence-corrected chi connectivity index (χ4v) is 3.38. The summed E-state index contributed by atoms with van der Waals surface area (Å²) in [5.74, 6) is -0.703. The molecule has 1 unspecified atom stereocenters. The van der Waals surface area contributed by atoms with Crippen LogP contribution in [-0.2, 0) is 4.79 Å². The number of benzene rings is 1. The van der Waals surface area contributed by atoms with Crippen LogP contribution in [-0.4, -0.2) is 18.0 Å². The van der Waals surface area contributed by atoms with Crippen molar-refractivity contribution in [2.24, 2.45) is 0 Å². The van der Waals surface area contributed by atoms with Crippen molar-refractivity contribution in [3.63, 3.8) is 0 Å². The van der Waals surface area contributed by atoms with E-state index in [1.54, 1.807) is 24.3 Å². The zero-order chi connectivity index (χ0) is 16.6. The number of allylic oxidation sites excluding steroid dienone is 2. The lowest BCUT2D eigenvalue weighted by molar-refractivity contribution is -0.158. The SMILES string of the molecule is N#Cc1cccc([C@@H]2CC(C(F)(F)F)NC3=C2C(=O)CCC3)c1. The Balaban J connectivity index is 2.07. The second kappa shape index (κ2) is 5.73. The Labute approximate surface area is 131 Å². The number of halogens is 3. The third kappa shape index (κ3) is 2.96. The Morgan fingerprint density at radius 2 is 2.04 bits per heavy atom. The maximum absolute atomic E-state index is 13.2. The Kier molecular flexibility index (Phi) is 3.88. The number of ketones is 1. The molecule has 2 aliphatic rings. The number of nitriles is 1. The largest absolute Gasteiger partial charge is 0.408 e. The van der Waals surface area contributed by atoms with Crippen molar-refractivity contribution in [1.29, 1.82) is 5.26 Å². The maximum atomic E-state index is 13.2. The average molecular weight is 320 g/mol. The van der Waals surface area contributed by atoms with Crippen molar-refractivity contribution < 1.29 is 18.0 Å². The quantitative estimate of drug-likeness (QED) is 0.860. The highest BCUT2D eigenvalue weighted by Crippen LogP contribution is 2.42. The van der Waals surface area contributed by atoms with Gasteiger partial charge in [0.1, 0.15) is 6.04 Å². The van der Waals surface area contributed by atoms with Gasteiger partial charge < -0.3 is 5.32 Å². The topological polar surface area (TPSA) is 52.9 Å². The van der Waals surface area contributed by atoms with Crippen molar-refractivity contribution in [3.05, 3.63) is 46.7 Å². The van der Waals surface area contributed by atoms with E-state index >= 15 is 0 Å². The summed E-state index contributed by atoms with van der Waals surface area (Å²) >= 11 is 0. The van der Waals surface area contributed by atoms with E-state index in [1.165, 1.54) is 0 Å². The summed E-state index contributed by atoms with van der Waals surface area (Å²) in [4.78, 5) is 12.3. The van der Waals surface area contributed by atoms with Crippen LogP contribution in [0.25, 0.3) is 0 Å². The van der Waals surface area contributed by atoms with Crippen LogP contribution < -0.4 is 5.32 Å². The molecule has 6 heteroatoms. The van der Waals surface area contributed by atoms with Crippen molar-refractivity contribution >= 4 is 5.78 Å². The van der Waals surface area contributed by atoms with Crippen LogP contribution in [0.4, 0.5) is 13.2 Å². The summed E-state index contributed by atoms with van der Waals surface area (Å²) < 4.78 is 39.6. The van der Waals surface area contributed by atoms with Crippen LogP contribution in [0.5, 0.6) is 0 Å². The molecule has 0 aromatic heterocycles. The molecule has 0 bridgehead atoms. The predicted molar refractivity (Wildman–Crippen MR) is 77.4 cm³/mol. The van der Waals surface area contributed by atoms with Crippen LogP contribution in [0.1, 0.15) is 42.7 Å². The van der Waals surface area contributed by atoms with Gasteiger partial charge in [-0.1, -0.05) is 12.1 Å². The van der Waals surface area contributed by atoms with Crippen molar-refractivity contribution in [2.75, 3.05) is 0 Å². The number of carbonyl (C=O) groups is 1. The molecule has 3 nitrogen and oxygen atoms in total. The fraction of sp³-hybridized carbons (Fsp3) is 0.412. The Hall–Kier alpha value is -2.29. The highest BCUT2D eigenvalue weighted by Gasteiger charge is 2.46. The van der Waals surface area contributed by atoms with Gasteiger partial charge in [0.05, 0.1) is 11.6 Å². The number of hydrogen-bond donors (Lipinski definition) is 1. The molecule has 1 aliphatic carbocycles. The number of alkyl halides is 3. The smallest absolute Gasteiger partial charge is 0.377 e. The molecule has 1 aliphatic heterocycles. The van der Waals surface area contributed by atoms with Crippen molar-refractivity contribution in [1.82, 2.24) is 5.32 Å². The molecule has 23 heavy (non-hydrogen) atoms. The van der Waals surface area contributed by atoms with Gasteiger partial charge in [0.15, 0.2) is 5.78 Å². The lowest BCUT2D eigenvalue weighted by Crippen LogP contribution is -2.48. The Morgan fingerprint density at radius 3 is 2.74 bits per heavy atom. The summed E-state index contributed by atoms with van der Waals surface area (Å²) in [5.41, 5.74) is 1.87. The number of hydrogen-bond acceptors (Lipinski definition) is 3. The van der Waals surface area contributed by atoms with Crippen LogP contribution in [0, 0.1) is 11.3 Å². The summed E-state index contributed by atoms with van der Waals surface area (Å²) in [6.07, 6.45) is -3.19. The van der Waals surface area contributed by atoms with Crippen molar-refractivity contribution in [3.8, 4) is 6.07 Å². The molecule has 0 saturated heterocycles. The number of rotatable bonds is 1. The molecule has 1 aromatic rings. The lowest BCUT2D eigenvalue weighted by Gasteiger charge is -2.37. The molecule has 0 fully saturated rings. The first-order valence-corrected chi connectivity index (χ1v) is 7.49. The van der Waals surface area contributed by atoms with Crippen LogP contribution in [0.2, 0.25) is 0 Å². The second-order valence-corrected chi connectivity index (χ2v) is 5.93. The molecule has 0 spiro atoms. The van der Waals surface area contributed by atoms with E-state index in [2.05, 4.69) is 5.32 Å². The standard InChI is InChI=1S/C17H15F3N2O/c18-17(19,20)15-8-12(11-4-1-3-10(7-11)9-21)16-13(22-15)5-2-6-14(16)23/h1,3-4,7,12,15,22H,2,5-6,8H2/t12-,15?/m0/s1. The van der Waals surface area contributed by atoms with E-state index in [1.807, 2.05) is 6.07 Å². The molecular formula is C17H15F3N2O. The van der Waals surface area contributed by atoms with Gasteiger partial charge >= 0.3 is 6.18 Å². The van der Waals surface area contributed by atoms with Gasteiger partial charge in [0.25, 0.3) is 0 Å². The van der Waals surface area contributed by atoms with Crippen LogP contribution in [0.15, 0.2) is 35.5 Å². The molecule has 3 rings (SSSR count). The van der Waals surface area contributed by atoms with Gasteiger partial charge in [-0.3, -0.25) is 4.79 Å². The summed E-state index contributed by atoms with van der Waals surface area (Å²) in [6, 6.07) is 6.84. The zero-order valence-corrected chi connectivity index (χ0v) is 12.3. The van der Waals surface area contributed by atoms with E-state index in [9.17, 15) is 18.0 Å². The predicted octanol–water partition coefficient (Wildman–Crippen LogP) is 3.57. The highest BCUT2D eigenvalue weighted by atomic mass is 19.4. The van der Waals surface area contributed by atoms with Gasteiger partial charge in [-0.15, -0.1) is 0 Å². The normalized spacial score (nSPS) is 24.7. The molecule has 1 aromatic carbocycles. The first-order valence-electron chi connectivity index (χ1n) is 7.49. The van der Waals surface area contributed by atoms with Gasteiger partial charge in [-0.05, 0) is 37.0 Å². The van der Waals surface area contributed by atoms with Crippen molar-refractivity contribution in [2.45, 2.75) is 43.8 Å². The fourth-order valence-electron chi connectivity index (χ4n) is 3.38. The number of Topliss-reactive ketones (excluding diaryl/α,β-unsaturated/α-hetero) is 1. The minimum Gasteiger partial charge on any atom is -0.377 e. The number of nitrogens with zero attached hydrogens (tertiary/aromatic N) is 1. The molecule has 1 heterocycles. The maximum Gasteiger partial charge on any atom is 0.408 e. The van der Waals surface area contributed by atoms with E-state index < -0.39 is 18.1 Å². The van der Waals surface area contributed by atoms with Crippen LogP contribution >= 0.6 is 0 Å². The molecule has 0 radical (unpaired) electrons. The average Bonchev–Trinajstić information content (AvgIpc) is 2.53. The second-order valence-electron chi connectivity index (χ2n) is 5.93. The molecule has 0 amide bonds. The highest BCUT2D eigenvalue weighted by molar-refractivity contribution is 5.98. The van der Waals surface area contributed by atoms with Gasteiger partial charge in [-0.25, -0.2) is 0 Å². The number of nitrogens with one attached hydrogen (secondary N) is 1. The first kappa shape index (κ1) is 15.6. The monoisotopic (exact) mass is 320 g/mol. The minimum atomic E-state index is -4.37. The Morgan fingerprint density at radius 1 is 1.26 bits per heavy atom. The summed E-state index contributed by atoms with van der Waals surface area (Å²) in [6.45, 7) is 0. The summed E-state index contributed by atoms with van der Waals surface area (Å²) in [7, 11) is 0. The minimum absolute atomic E-state index is 0.0910. The molecule has 0 saturated carbocycles. The van der Waals surface area contributed by atoms with E-state index in [-0.39, 0.29) is 12.2 Å². The number of carbonyl (C=O) groups excluding carboxylic acids is 1. The molecule has 120 valence electrons. The molecule has 1 N–H and O–H groups in total. The third-order valence-corrected chi connectivity index (χ3v) is 4.44. The van der Waals surface area contributed by atoms with E-state index in [0.717, 1.165) is 0 Å². The van der Waals surface area contributed by atoms with E-state index in [0.29, 0.717) is 41.7 Å². The lowest BCUT2D eigenvalue weighted by atomic mass is 9.76. The van der Waals surface area contributed by atoms with Gasteiger partial charge in [-0.2, -0.15) is 18.4 Å². The third-order valence-electron chi connectivity index (χ3n) is 4.44. The van der Waals surface area contributed by atoms with Gasteiger partial charge in [0.2, 0.25) is 0 Å². The first-order chi connectivity index (χ1) is 10.9. The summed E-state index contributed by atoms with van der Waals surface area (Å²) in [5, 5.41) is 11.5. The Bertz CT molecular complexity index is 715. The zero-order valence-electron chi connectivity index (χ0n) is 12.3. The molecular weight excluding hydrogens is 305 g/mol. The van der Waals surface area contributed by atoms with Gasteiger partial charge in [0, 0.05) is 23.6 Å². The molecule has 2 atom stereocenters. The van der Waals surface area contributed by atoms with E-state index in [4.69, 9.17) is 5.26 Å². The van der Waals surface area contributed by atoms with Crippen LogP contribution in [0.3, 0.4) is 0 Å².